The minimum absolute atomic E-state index is 0.0854. The lowest BCUT2D eigenvalue weighted by atomic mass is 10.1. The zero-order chi connectivity index (χ0) is 26.2. The molecule has 1 saturated carbocycles. The second-order valence-electron chi connectivity index (χ2n) is 9.88. The molecule has 1 amide bonds. The van der Waals surface area contributed by atoms with Crippen LogP contribution in [0.2, 0.25) is 0 Å². The highest BCUT2D eigenvalue weighted by molar-refractivity contribution is 7.91. The molecule has 9 heteroatoms. The summed E-state index contributed by atoms with van der Waals surface area (Å²) in [6.45, 7) is 4.59. The Morgan fingerprint density at radius 2 is 1.84 bits per heavy atom. The van der Waals surface area contributed by atoms with E-state index in [0.717, 1.165) is 35.0 Å². The molecule has 0 unspecified atom stereocenters. The molecule has 0 radical (unpaired) electrons. The van der Waals surface area contributed by atoms with Gasteiger partial charge >= 0.3 is 6.09 Å². The first kappa shape index (κ1) is 25.2. The Labute approximate surface area is 217 Å². The fraction of sp³-hybridized carbons (Fsp3) is 0.429. The third kappa shape index (κ3) is 5.44. The number of hydrogen-bond acceptors (Lipinski definition) is 6. The fourth-order valence-corrected chi connectivity index (χ4v) is 6.46. The Bertz CT molecular complexity index is 1450. The van der Waals surface area contributed by atoms with Crippen molar-refractivity contribution >= 4 is 32.5 Å². The molecule has 1 N–H and O–H groups in total. The molecule has 1 aliphatic heterocycles. The van der Waals surface area contributed by atoms with Gasteiger partial charge in [0.15, 0.2) is 9.84 Å². The van der Waals surface area contributed by atoms with Gasteiger partial charge < -0.3 is 14.0 Å². The van der Waals surface area contributed by atoms with E-state index < -0.39 is 15.9 Å². The Balaban J connectivity index is 1.39. The lowest BCUT2D eigenvalue weighted by molar-refractivity contribution is 0.108. The number of ether oxygens (including phenoxy) is 2. The molecular weight excluding hydrogens is 490 g/mol. The van der Waals surface area contributed by atoms with E-state index in [1.807, 2.05) is 56.3 Å². The average Bonchev–Trinajstić information content (AvgIpc) is 3.68. The first-order valence-corrected chi connectivity index (χ1v) is 14.6. The summed E-state index contributed by atoms with van der Waals surface area (Å²) in [4.78, 5) is 12.2. The van der Waals surface area contributed by atoms with Crippen molar-refractivity contribution in [1.29, 1.82) is 5.26 Å². The number of aryl methyl sites for hydroxylation is 1. The van der Waals surface area contributed by atoms with Crippen LogP contribution in [0.1, 0.15) is 45.1 Å². The van der Waals surface area contributed by atoms with Crippen LogP contribution in [0.4, 0.5) is 10.5 Å². The van der Waals surface area contributed by atoms with Gasteiger partial charge in [-0.3, -0.25) is 5.32 Å². The van der Waals surface area contributed by atoms with E-state index in [0.29, 0.717) is 42.3 Å². The van der Waals surface area contributed by atoms with Gasteiger partial charge in [-0.05, 0) is 75.3 Å². The predicted molar refractivity (Wildman–Crippen MR) is 142 cm³/mol. The summed E-state index contributed by atoms with van der Waals surface area (Å²) >= 11 is 0. The molecule has 3 aromatic rings. The van der Waals surface area contributed by atoms with Crippen molar-refractivity contribution in [3.63, 3.8) is 0 Å². The number of benzene rings is 2. The Morgan fingerprint density at radius 3 is 2.46 bits per heavy atom. The zero-order valence-electron chi connectivity index (χ0n) is 21.1. The van der Waals surface area contributed by atoms with Gasteiger partial charge in [0, 0.05) is 23.7 Å². The third-order valence-electron chi connectivity index (χ3n) is 7.25. The highest BCUT2D eigenvalue weighted by Crippen LogP contribution is 2.37. The summed E-state index contributed by atoms with van der Waals surface area (Å²) in [5.41, 5.74) is 3.75. The molecule has 0 bridgehead atoms. The number of nitriles is 1. The quantitative estimate of drug-likeness (QED) is 0.439. The van der Waals surface area contributed by atoms with Gasteiger partial charge in [-0.15, -0.1) is 0 Å². The molecule has 2 fully saturated rings. The minimum Gasteiger partial charge on any atom is -0.490 e. The third-order valence-corrected chi connectivity index (χ3v) is 8.97. The second-order valence-corrected chi connectivity index (χ2v) is 12.2. The van der Waals surface area contributed by atoms with E-state index in [4.69, 9.17) is 9.47 Å². The normalized spacial score (nSPS) is 18.2. The number of nitrogens with zero attached hydrogens (tertiary/aromatic N) is 2. The average molecular weight is 522 g/mol. The van der Waals surface area contributed by atoms with Crippen LogP contribution in [-0.2, 0) is 21.1 Å². The van der Waals surface area contributed by atoms with Crippen LogP contribution in [-0.4, -0.2) is 42.8 Å². The van der Waals surface area contributed by atoms with Crippen molar-refractivity contribution in [1.82, 2.24) is 4.57 Å². The number of sulfone groups is 1. The van der Waals surface area contributed by atoms with Crippen molar-refractivity contribution in [2.75, 3.05) is 16.8 Å². The molecule has 2 heterocycles. The summed E-state index contributed by atoms with van der Waals surface area (Å²) in [6.07, 6.45) is 2.49. The SMILES string of the molecule is CCn1c(-c2ccc(NC(=O)O[C@H](C)C3CC3)cc2)c(C#N)c2ccc(OC3CCS(=O)(=O)CC3)cc21. The lowest BCUT2D eigenvalue weighted by Gasteiger charge is -2.23. The van der Waals surface area contributed by atoms with Crippen LogP contribution in [0.15, 0.2) is 42.5 Å². The summed E-state index contributed by atoms with van der Waals surface area (Å²) < 4.78 is 37.1. The van der Waals surface area contributed by atoms with Gasteiger partial charge in [0.05, 0.1) is 28.3 Å². The molecule has 8 nitrogen and oxygen atoms in total. The molecule has 37 heavy (non-hydrogen) atoms. The van der Waals surface area contributed by atoms with Gasteiger partial charge in [-0.1, -0.05) is 12.1 Å². The number of carbonyl (C=O) groups is 1. The summed E-state index contributed by atoms with van der Waals surface area (Å²) in [5.74, 6) is 1.43. The van der Waals surface area contributed by atoms with E-state index in [-0.39, 0.29) is 23.7 Å². The summed E-state index contributed by atoms with van der Waals surface area (Å²) in [6, 6.07) is 15.4. The van der Waals surface area contributed by atoms with Crippen LogP contribution in [0.5, 0.6) is 5.75 Å². The monoisotopic (exact) mass is 521 g/mol. The van der Waals surface area contributed by atoms with E-state index in [9.17, 15) is 18.5 Å². The van der Waals surface area contributed by atoms with E-state index >= 15 is 0 Å². The summed E-state index contributed by atoms with van der Waals surface area (Å²) in [7, 11) is -2.96. The molecular formula is C28H31N3O5S. The Kier molecular flexibility index (Phi) is 6.86. The first-order chi connectivity index (χ1) is 17.8. The van der Waals surface area contributed by atoms with Crippen molar-refractivity contribution in [2.24, 2.45) is 5.92 Å². The standard InChI is InChI=1S/C28H31N3O5S/c1-3-31-26-16-23(36-22-12-14-37(33,34)15-13-22)10-11-24(26)25(17-29)27(31)20-6-8-21(9-7-20)30-28(32)35-18(2)19-4-5-19/h6-11,16,18-19,22H,3-5,12-15H2,1-2H3,(H,30,32)/t18-/m1/s1. The highest BCUT2D eigenvalue weighted by atomic mass is 32.2. The number of nitrogens with one attached hydrogen (secondary N) is 1. The fourth-order valence-electron chi connectivity index (χ4n) is 5.01. The van der Waals surface area contributed by atoms with Gasteiger partial charge in [0.1, 0.15) is 24.0 Å². The van der Waals surface area contributed by atoms with Crippen LogP contribution < -0.4 is 10.1 Å². The molecule has 1 aliphatic carbocycles. The molecule has 1 aromatic heterocycles. The number of rotatable bonds is 7. The van der Waals surface area contributed by atoms with Crippen LogP contribution >= 0.6 is 0 Å². The van der Waals surface area contributed by atoms with E-state index in [1.54, 1.807) is 0 Å². The van der Waals surface area contributed by atoms with Crippen LogP contribution in [0.25, 0.3) is 22.2 Å². The van der Waals surface area contributed by atoms with Crippen LogP contribution in [0.3, 0.4) is 0 Å². The maximum atomic E-state index is 12.2. The number of aromatic nitrogens is 1. The lowest BCUT2D eigenvalue weighted by Crippen LogP contribution is -2.30. The highest BCUT2D eigenvalue weighted by Gasteiger charge is 2.30. The molecule has 194 valence electrons. The largest absolute Gasteiger partial charge is 0.490 e. The zero-order valence-corrected chi connectivity index (χ0v) is 21.9. The number of fused-ring (bicyclic) bond motifs is 1. The molecule has 2 aliphatic rings. The number of hydrogen-bond donors (Lipinski definition) is 1. The molecule has 2 aromatic carbocycles. The van der Waals surface area contributed by atoms with E-state index in [1.165, 1.54) is 0 Å². The number of anilines is 1. The van der Waals surface area contributed by atoms with Crippen molar-refractivity contribution in [2.45, 2.75) is 58.3 Å². The second kappa shape index (κ2) is 10.1. The maximum Gasteiger partial charge on any atom is 0.411 e. The van der Waals surface area contributed by atoms with Crippen molar-refractivity contribution < 1.29 is 22.7 Å². The van der Waals surface area contributed by atoms with Crippen molar-refractivity contribution in [3.05, 3.63) is 48.0 Å². The summed E-state index contributed by atoms with van der Waals surface area (Å²) in [5, 5.41) is 13.7. The van der Waals surface area contributed by atoms with Gasteiger partial charge in [-0.2, -0.15) is 5.26 Å². The molecule has 1 saturated heterocycles. The Morgan fingerprint density at radius 1 is 1.14 bits per heavy atom. The van der Waals surface area contributed by atoms with Gasteiger partial charge in [0.2, 0.25) is 0 Å². The molecule has 5 rings (SSSR count). The van der Waals surface area contributed by atoms with Crippen LogP contribution in [0, 0.1) is 17.2 Å². The number of carbonyl (C=O) groups excluding carboxylic acids is 1. The topological polar surface area (TPSA) is 110 Å². The molecule has 0 spiro atoms. The predicted octanol–water partition coefficient (Wildman–Crippen LogP) is 5.50. The first-order valence-electron chi connectivity index (χ1n) is 12.8. The smallest absolute Gasteiger partial charge is 0.411 e. The molecule has 1 atom stereocenters. The Hall–Kier alpha value is -3.51. The van der Waals surface area contributed by atoms with Crippen molar-refractivity contribution in [3.8, 4) is 23.1 Å². The maximum absolute atomic E-state index is 12.2. The minimum atomic E-state index is -2.96. The van der Waals surface area contributed by atoms with E-state index in [2.05, 4.69) is 16.0 Å². The van der Waals surface area contributed by atoms with Gasteiger partial charge in [-0.25, -0.2) is 13.2 Å². The number of amides is 1. The van der Waals surface area contributed by atoms with Gasteiger partial charge in [0.25, 0.3) is 0 Å².